The van der Waals surface area contributed by atoms with Gasteiger partial charge in [0.2, 0.25) is 0 Å². The first-order chi connectivity index (χ1) is 9.86. The Morgan fingerprint density at radius 1 is 1.24 bits per heavy atom. The van der Waals surface area contributed by atoms with Gasteiger partial charge in [-0.15, -0.1) is 0 Å². The van der Waals surface area contributed by atoms with Crippen molar-refractivity contribution in [3.8, 4) is 0 Å². The summed E-state index contributed by atoms with van der Waals surface area (Å²) in [7, 11) is 0. The summed E-state index contributed by atoms with van der Waals surface area (Å²) in [5.74, 6) is -0.149. The zero-order valence-electron chi connectivity index (χ0n) is 13.4. The lowest BCUT2D eigenvalue weighted by Crippen LogP contribution is -2.48. The monoisotopic (exact) mass is 291 g/mol. The standard InChI is InChI=1S/C16H25N3O2/c1-5-19-13(16(2,3)4)7-6-12(15(19)21)14(20)18-10-8-17-9-11-18/h6-7,17H,5,8-11H2,1-4H3. The van der Waals surface area contributed by atoms with Crippen molar-refractivity contribution in [2.75, 3.05) is 26.2 Å². The Bertz CT molecular complexity index is 578. The Labute approximate surface area is 126 Å². The van der Waals surface area contributed by atoms with Gasteiger partial charge in [0, 0.05) is 43.8 Å². The maximum absolute atomic E-state index is 12.7. The predicted octanol–water partition coefficient (Wildman–Crippen LogP) is 1.21. The normalized spacial score (nSPS) is 16.1. The van der Waals surface area contributed by atoms with E-state index in [-0.39, 0.29) is 22.4 Å². The average Bonchev–Trinajstić information content (AvgIpc) is 2.46. The first kappa shape index (κ1) is 15.8. The van der Waals surface area contributed by atoms with Crippen LogP contribution < -0.4 is 10.9 Å². The number of carbonyl (C=O) groups is 1. The topological polar surface area (TPSA) is 54.3 Å². The largest absolute Gasteiger partial charge is 0.336 e. The Kier molecular flexibility index (Phi) is 4.52. The van der Waals surface area contributed by atoms with Gasteiger partial charge in [0.15, 0.2) is 0 Å². The third-order valence-corrected chi connectivity index (χ3v) is 3.89. The first-order valence-corrected chi connectivity index (χ1v) is 7.60. The summed E-state index contributed by atoms with van der Waals surface area (Å²) in [5, 5.41) is 3.21. The quantitative estimate of drug-likeness (QED) is 0.891. The third-order valence-electron chi connectivity index (χ3n) is 3.89. The predicted molar refractivity (Wildman–Crippen MR) is 83.8 cm³/mol. The van der Waals surface area contributed by atoms with E-state index in [0.29, 0.717) is 19.6 Å². The van der Waals surface area contributed by atoms with Crippen LogP contribution in [-0.2, 0) is 12.0 Å². The molecule has 0 saturated carbocycles. The highest BCUT2D eigenvalue weighted by molar-refractivity contribution is 5.94. The van der Waals surface area contributed by atoms with E-state index in [1.165, 1.54) is 0 Å². The van der Waals surface area contributed by atoms with Crippen molar-refractivity contribution < 1.29 is 4.79 Å². The molecule has 1 N–H and O–H groups in total. The molecule has 0 unspecified atom stereocenters. The van der Waals surface area contributed by atoms with Gasteiger partial charge in [0.1, 0.15) is 5.56 Å². The van der Waals surface area contributed by atoms with Gasteiger partial charge in [-0.3, -0.25) is 9.59 Å². The molecule has 116 valence electrons. The number of hydrogen-bond acceptors (Lipinski definition) is 3. The minimum atomic E-state index is -0.173. The fraction of sp³-hybridized carbons (Fsp3) is 0.625. The Morgan fingerprint density at radius 3 is 2.38 bits per heavy atom. The molecular formula is C16H25N3O2. The molecule has 1 aromatic heterocycles. The first-order valence-electron chi connectivity index (χ1n) is 7.60. The van der Waals surface area contributed by atoms with Crippen LogP contribution in [-0.4, -0.2) is 41.6 Å². The van der Waals surface area contributed by atoms with E-state index in [0.717, 1.165) is 18.8 Å². The molecule has 1 aliphatic heterocycles. The molecule has 21 heavy (non-hydrogen) atoms. The molecule has 2 heterocycles. The van der Waals surface area contributed by atoms with Crippen molar-refractivity contribution in [1.29, 1.82) is 0 Å². The molecule has 0 aromatic carbocycles. The summed E-state index contributed by atoms with van der Waals surface area (Å²) >= 11 is 0. The van der Waals surface area contributed by atoms with Crippen molar-refractivity contribution in [2.24, 2.45) is 0 Å². The summed E-state index contributed by atoms with van der Waals surface area (Å²) in [6, 6.07) is 3.61. The molecule has 5 heteroatoms. The molecule has 1 fully saturated rings. The fourth-order valence-electron chi connectivity index (χ4n) is 2.75. The van der Waals surface area contributed by atoms with Crippen LogP contribution in [0.5, 0.6) is 0 Å². The van der Waals surface area contributed by atoms with Gasteiger partial charge in [-0.1, -0.05) is 20.8 Å². The zero-order chi connectivity index (χ0) is 15.6. The molecular weight excluding hydrogens is 266 g/mol. The second-order valence-electron chi connectivity index (χ2n) is 6.47. The number of carbonyl (C=O) groups excluding carboxylic acids is 1. The van der Waals surface area contributed by atoms with Crippen LogP contribution in [0.3, 0.4) is 0 Å². The van der Waals surface area contributed by atoms with Crippen LogP contribution in [0.15, 0.2) is 16.9 Å². The second kappa shape index (κ2) is 6.02. The molecule has 2 rings (SSSR count). The van der Waals surface area contributed by atoms with Crippen LogP contribution >= 0.6 is 0 Å². The molecule has 5 nitrogen and oxygen atoms in total. The molecule has 1 aromatic rings. The van der Waals surface area contributed by atoms with E-state index in [4.69, 9.17) is 0 Å². The third kappa shape index (κ3) is 3.18. The van der Waals surface area contributed by atoms with E-state index in [1.54, 1.807) is 15.5 Å². The minimum absolute atomic E-state index is 0.119. The Hall–Kier alpha value is -1.62. The van der Waals surface area contributed by atoms with Crippen LogP contribution in [0.25, 0.3) is 0 Å². The van der Waals surface area contributed by atoms with Gasteiger partial charge in [-0.2, -0.15) is 0 Å². The van der Waals surface area contributed by atoms with Gasteiger partial charge in [0.25, 0.3) is 11.5 Å². The van der Waals surface area contributed by atoms with Gasteiger partial charge in [0.05, 0.1) is 0 Å². The number of nitrogens with one attached hydrogen (secondary N) is 1. The summed E-state index contributed by atoms with van der Waals surface area (Å²) in [6.07, 6.45) is 0. The number of rotatable bonds is 2. The summed E-state index contributed by atoms with van der Waals surface area (Å²) < 4.78 is 1.72. The summed E-state index contributed by atoms with van der Waals surface area (Å²) in [5.41, 5.74) is 0.957. The maximum atomic E-state index is 12.7. The molecule has 1 aliphatic rings. The highest BCUT2D eigenvalue weighted by Gasteiger charge is 2.24. The number of hydrogen-bond donors (Lipinski definition) is 1. The molecule has 1 amide bonds. The second-order valence-corrected chi connectivity index (χ2v) is 6.47. The average molecular weight is 291 g/mol. The van der Waals surface area contributed by atoms with Crippen LogP contribution in [0.1, 0.15) is 43.7 Å². The number of aromatic nitrogens is 1. The number of pyridine rings is 1. The number of amides is 1. The van der Waals surface area contributed by atoms with E-state index in [1.807, 2.05) is 13.0 Å². The lowest BCUT2D eigenvalue weighted by molar-refractivity contribution is 0.0733. The van der Waals surface area contributed by atoms with E-state index < -0.39 is 0 Å². The Balaban J connectivity index is 2.42. The number of piperazine rings is 1. The maximum Gasteiger partial charge on any atom is 0.263 e. The zero-order valence-corrected chi connectivity index (χ0v) is 13.4. The number of nitrogens with zero attached hydrogens (tertiary/aromatic N) is 2. The SMILES string of the molecule is CCn1c(C(C)(C)C)ccc(C(=O)N2CCNCC2)c1=O. The highest BCUT2D eigenvalue weighted by atomic mass is 16.2. The van der Waals surface area contributed by atoms with Gasteiger partial charge < -0.3 is 14.8 Å². The van der Waals surface area contributed by atoms with Crippen LogP contribution in [0, 0.1) is 0 Å². The van der Waals surface area contributed by atoms with Gasteiger partial charge in [-0.05, 0) is 19.1 Å². The lowest BCUT2D eigenvalue weighted by Gasteiger charge is -2.28. The molecule has 0 spiro atoms. The highest BCUT2D eigenvalue weighted by Crippen LogP contribution is 2.21. The van der Waals surface area contributed by atoms with E-state index >= 15 is 0 Å². The lowest BCUT2D eigenvalue weighted by atomic mass is 9.90. The van der Waals surface area contributed by atoms with E-state index in [2.05, 4.69) is 26.1 Å². The minimum Gasteiger partial charge on any atom is -0.336 e. The fourth-order valence-corrected chi connectivity index (χ4v) is 2.75. The van der Waals surface area contributed by atoms with Gasteiger partial charge >= 0.3 is 0 Å². The van der Waals surface area contributed by atoms with Crippen molar-refractivity contribution >= 4 is 5.91 Å². The summed E-state index contributed by atoms with van der Waals surface area (Å²) in [6.45, 7) is 11.6. The summed E-state index contributed by atoms with van der Waals surface area (Å²) in [4.78, 5) is 26.9. The van der Waals surface area contributed by atoms with Crippen molar-refractivity contribution in [3.63, 3.8) is 0 Å². The molecule has 0 aliphatic carbocycles. The molecule has 0 radical (unpaired) electrons. The van der Waals surface area contributed by atoms with Crippen LogP contribution in [0.4, 0.5) is 0 Å². The van der Waals surface area contributed by atoms with Crippen molar-refractivity contribution in [2.45, 2.75) is 39.7 Å². The van der Waals surface area contributed by atoms with Crippen LogP contribution in [0.2, 0.25) is 0 Å². The smallest absolute Gasteiger partial charge is 0.263 e. The van der Waals surface area contributed by atoms with Crippen molar-refractivity contribution in [3.05, 3.63) is 33.7 Å². The molecule has 1 saturated heterocycles. The molecule has 0 bridgehead atoms. The molecule has 0 atom stereocenters. The van der Waals surface area contributed by atoms with Gasteiger partial charge in [-0.25, -0.2) is 0 Å². The van der Waals surface area contributed by atoms with Crippen molar-refractivity contribution in [1.82, 2.24) is 14.8 Å². The Morgan fingerprint density at radius 2 is 1.86 bits per heavy atom. The van der Waals surface area contributed by atoms with E-state index in [9.17, 15) is 9.59 Å².